The minimum absolute atomic E-state index is 0.0279. The highest BCUT2D eigenvalue weighted by atomic mass is 35.5. The van der Waals surface area contributed by atoms with Gasteiger partial charge in [0.1, 0.15) is 11.5 Å². The van der Waals surface area contributed by atoms with Crippen LogP contribution >= 0.6 is 11.6 Å². The van der Waals surface area contributed by atoms with Crippen LogP contribution in [0, 0.1) is 6.92 Å². The molecule has 1 fully saturated rings. The van der Waals surface area contributed by atoms with E-state index in [0.29, 0.717) is 29.8 Å². The van der Waals surface area contributed by atoms with E-state index in [1.807, 2.05) is 36.2 Å². The second-order valence-electron chi connectivity index (χ2n) is 8.83. The number of hydrogen-bond donors (Lipinski definition) is 3. The Hall–Kier alpha value is -3.21. The van der Waals surface area contributed by atoms with Crippen LogP contribution in [0.2, 0.25) is 0 Å². The first-order valence-corrected chi connectivity index (χ1v) is 12.0. The van der Waals surface area contributed by atoms with E-state index in [2.05, 4.69) is 20.7 Å². The number of fused-ring (bicyclic) bond motifs is 1. The van der Waals surface area contributed by atoms with E-state index in [-0.39, 0.29) is 18.3 Å². The summed E-state index contributed by atoms with van der Waals surface area (Å²) in [7, 11) is 1.63. The van der Waals surface area contributed by atoms with Crippen LogP contribution in [0.4, 0.5) is 11.5 Å². The normalized spacial score (nSPS) is 17.1. The molecule has 0 amide bonds. The number of aryl methyl sites for hydroxylation is 1. The van der Waals surface area contributed by atoms with Gasteiger partial charge in [-0.3, -0.25) is 13.9 Å². The molecule has 10 nitrogen and oxygen atoms in total. The monoisotopic (exact) mass is 498 g/mol. The fraction of sp³-hybridized carbons (Fsp3) is 0.417. The lowest BCUT2D eigenvalue weighted by atomic mass is 10.1. The quantitative estimate of drug-likeness (QED) is 0.453. The summed E-state index contributed by atoms with van der Waals surface area (Å²) < 4.78 is 2.57. The molecule has 1 saturated heterocycles. The smallest absolute Gasteiger partial charge is 0.332 e. The van der Waals surface area contributed by atoms with E-state index in [1.54, 1.807) is 20.0 Å². The topological polar surface area (TPSA) is 123 Å². The van der Waals surface area contributed by atoms with Gasteiger partial charge in [-0.15, -0.1) is 0 Å². The number of halogens is 1. The van der Waals surface area contributed by atoms with E-state index < -0.39 is 11.2 Å². The SMILES string of the molecule is C/C(Cl)=C/CNc1c(NN2CCCC(N)C2)n(C)c(=O)n(Cc2nc(C)c3ccccc3n2)c1=O. The van der Waals surface area contributed by atoms with Gasteiger partial charge in [0.25, 0.3) is 5.56 Å². The van der Waals surface area contributed by atoms with Crippen molar-refractivity contribution in [1.29, 1.82) is 0 Å². The van der Waals surface area contributed by atoms with Crippen LogP contribution in [0.15, 0.2) is 45.0 Å². The zero-order valence-corrected chi connectivity index (χ0v) is 21.0. The number of piperidine rings is 1. The van der Waals surface area contributed by atoms with Crippen LogP contribution in [-0.4, -0.2) is 49.8 Å². The predicted octanol–water partition coefficient (Wildman–Crippen LogP) is 2.15. The van der Waals surface area contributed by atoms with Crippen molar-refractivity contribution in [1.82, 2.24) is 24.1 Å². The lowest BCUT2D eigenvalue weighted by molar-refractivity contribution is 0.246. The first kappa shape index (κ1) is 24.9. The summed E-state index contributed by atoms with van der Waals surface area (Å²) >= 11 is 5.98. The predicted molar refractivity (Wildman–Crippen MR) is 140 cm³/mol. The highest BCUT2D eigenvalue weighted by Gasteiger charge is 2.22. The summed E-state index contributed by atoms with van der Waals surface area (Å²) in [4.78, 5) is 36.0. The third-order valence-electron chi connectivity index (χ3n) is 6.07. The molecule has 1 aliphatic heterocycles. The highest BCUT2D eigenvalue weighted by Crippen LogP contribution is 2.19. The number of anilines is 2. The molecule has 4 rings (SSSR count). The number of para-hydroxylation sites is 1. The molecule has 0 saturated carbocycles. The molecule has 186 valence electrons. The van der Waals surface area contributed by atoms with Crippen molar-refractivity contribution in [3.05, 3.63) is 67.7 Å². The van der Waals surface area contributed by atoms with Crippen LogP contribution in [0.25, 0.3) is 10.9 Å². The van der Waals surface area contributed by atoms with E-state index in [4.69, 9.17) is 17.3 Å². The minimum atomic E-state index is -0.470. The van der Waals surface area contributed by atoms with Crippen LogP contribution in [0.3, 0.4) is 0 Å². The maximum absolute atomic E-state index is 13.6. The molecule has 0 spiro atoms. The number of nitrogens with zero attached hydrogens (tertiary/aromatic N) is 5. The van der Waals surface area contributed by atoms with Gasteiger partial charge in [0.2, 0.25) is 0 Å². The van der Waals surface area contributed by atoms with Gasteiger partial charge >= 0.3 is 5.69 Å². The fourth-order valence-corrected chi connectivity index (χ4v) is 4.34. The number of benzene rings is 1. The third kappa shape index (κ3) is 5.55. The van der Waals surface area contributed by atoms with Gasteiger partial charge in [0.05, 0.1) is 12.1 Å². The van der Waals surface area contributed by atoms with E-state index in [1.165, 1.54) is 4.57 Å². The van der Waals surface area contributed by atoms with Gasteiger partial charge < -0.3 is 16.5 Å². The molecule has 3 aromatic rings. The standard InChI is InChI=1S/C24H31ClN8O2/c1-15(25)10-11-27-21-22(30-32-12-6-7-17(26)13-32)31(3)24(35)33(23(21)34)14-20-28-16(2)18-8-4-5-9-19(18)29-20/h4-5,8-10,17,27,30H,6-7,11-14,26H2,1-3H3/b15-10-. The van der Waals surface area contributed by atoms with Crippen molar-refractivity contribution < 1.29 is 0 Å². The average Bonchev–Trinajstić information content (AvgIpc) is 2.82. The van der Waals surface area contributed by atoms with Crippen LogP contribution < -0.4 is 27.7 Å². The zero-order valence-electron chi connectivity index (χ0n) is 20.2. The molecule has 1 unspecified atom stereocenters. The molecule has 3 heterocycles. The second-order valence-corrected chi connectivity index (χ2v) is 9.43. The summed E-state index contributed by atoms with van der Waals surface area (Å²) in [6.45, 7) is 5.29. The molecular formula is C24H31ClN8O2. The Morgan fingerprint density at radius 3 is 2.80 bits per heavy atom. The largest absolute Gasteiger partial charge is 0.374 e. The number of allylic oxidation sites excluding steroid dienone is 1. The third-order valence-corrected chi connectivity index (χ3v) is 6.23. The Labute approximate surface area is 208 Å². The Morgan fingerprint density at radius 2 is 2.06 bits per heavy atom. The average molecular weight is 499 g/mol. The van der Waals surface area contributed by atoms with E-state index in [9.17, 15) is 9.59 Å². The molecule has 1 atom stereocenters. The van der Waals surface area contributed by atoms with Crippen molar-refractivity contribution in [2.75, 3.05) is 30.4 Å². The van der Waals surface area contributed by atoms with Gasteiger partial charge in [0, 0.05) is 48.8 Å². The fourth-order valence-electron chi connectivity index (χ4n) is 4.26. The molecule has 4 N–H and O–H groups in total. The van der Waals surface area contributed by atoms with Crippen LogP contribution in [0.5, 0.6) is 0 Å². The Balaban J connectivity index is 1.76. The molecular weight excluding hydrogens is 468 g/mol. The van der Waals surface area contributed by atoms with Crippen molar-refractivity contribution in [3.63, 3.8) is 0 Å². The van der Waals surface area contributed by atoms with Crippen molar-refractivity contribution in [2.45, 2.75) is 39.3 Å². The molecule has 0 bridgehead atoms. The molecule has 0 aliphatic carbocycles. The summed E-state index contributed by atoms with van der Waals surface area (Å²) in [5.74, 6) is 0.771. The Bertz CT molecular complexity index is 1380. The Kier molecular flexibility index (Phi) is 7.54. The molecule has 0 radical (unpaired) electrons. The molecule has 35 heavy (non-hydrogen) atoms. The second kappa shape index (κ2) is 10.6. The summed E-state index contributed by atoms with van der Waals surface area (Å²) in [5, 5.41) is 6.60. The molecule has 2 aromatic heterocycles. The van der Waals surface area contributed by atoms with Crippen molar-refractivity contribution in [2.24, 2.45) is 12.8 Å². The molecule has 11 heteroatoms. The maximum atomic E-state index is 13.6. The van der Waals surface area contributed by atoms with Crippen molar-refractivity contribution in [3.8, 4) is 0 Å². The first-order valence-electron chi connectivity index (χ1n) is 11.6. The first-order chi connectivity index (χ1) is 16.7. The number of aromatic nitrogens is 4. The lowest BCUT2D eigenvalue weighted by Gasteiger charge is -2.32. The number of rotatable bonds is 7. The molecule has 1 aromatic carbocycles. The highest BCUT2D eigenvalue weighted by molar-refractivity contribution is 6.29. The number of nitrogens with two attached hydrogens (primary N) is 1. The lowest BCUT2D eigenvalue weighted by Crippen LogP contribution is -2.48. The number of hydrazine groups is 1. The summed E-state index contributed by atoms with van der Waals surface area (Å²) in [5.41, 5.74) is 10.2. The zero-order chi connectivity index (χ0) is 25.1. The molecule has 1 aliphatic rings. The van der Waals surface area contributed by atoms with Gasteiger partial charge in [-0.2, -0.15) is 0 Å². The van der Waals surface area contributed by atoms with E-state index in [0.717, 1.165) is 40.6 Å². The minimum Gasteiger partial charge on any atom is -0.374 e. The maximum Gasteiger partial charge on any atom is 0.332 e. The van der Waals surface area contributed by atoms with E-state index >= 15 is 0 Å². The summed E-state index contributed by atoms with van der Waals surface area (Å²) in [6, 6.07) is 7.68. The van der Waals surface area contributed by atoms with Gasteiger partial charge in [-0.1, -0.05) is 35.9 Å². The van der Waals surface area contributed by atoms with Gasteiger partial charge in [0.15, 0.2) is 5.82 Å². The summed E-state index contributed by atoms with van der Waals surface area (Å²) in [6.07, 6.45) is 3.62. The van der Waals surface area contributed by atoms with Crippen LogP contribution in [0.1, 0.15) is 31.3 Å². The van der Waals surface area contributed by atoms with Gasteiger partial charge in [-0.25, -0.2) is 19.8 Å². The van der Waals surface area contributed by atoms with Crippen LogP contribution in [-0.2, 0) is 13.6 Å². The Morgan fingerprint density at radius 1 is 1.29 bits per heavy atom. The number of nitrogens with one attached hydrogen (secondary N) is 2. The number of hydrogen-bond acceptors (Lipinski definition) is 8. The van der Waals surface area contributed by atoms with Gasteiger partial charge in [-0.05, 0) is 32.8 Å². The van der Waals surface area contributed by atoms with Crippen molar-refractivity contribution >= 4 is 34.0 Å².